The van der Waals surface area contributed by atoms with Gasteiger partial charge in [-0.25, -0.2) is 0 Å². The van der Waals surface area contributed by atoms with Crippen LogP contribution in [0, 0.1) is 10.1 Å². The minimum atomic E-state index is -0.465. The number of hydrogen-bond acceptors (Lipinski definition) is 7. The summed E-state index contributed by atoms with van der Waals surface area (Å²) in [5.41, 5.74) is 0.626. The Hall–Kier alpha value is -3.42. The molecule has 122 valence electrons. The number of nitro benzene ring substituents is 1. The molecule has 0 spiro atoms. The summed E-state index contributed by atoms with van der Waals surface area (Å²) in [4.78, 5) is 14.4. The Morgan fingerprint density at radius 1 is 1.17 bits per heavy atom. The van der Waals surface area contributed by atoms with E-state index in [9.17, 15) is 10.1 Å². The monoisotopic (exact) mass is 327 g/mol. The molecule has 24 heavy (non-hydrogen) atoms. The molecule has 1 heterocycles. The summed E-state index contributed by atoms with van der Waals surface area (Å²) < 4.78 is 15.8. The van der Waals surface area contributed by atoms with Crippen LogP contribution in [-0.2, 0) is 6.61 Å². The molecule has 0 aliphatic carbocycles. The lowest BCUT2D eigenvalue weighted by Gasteiger charge is -2.04. The van der Waals surface area contributed by atoms with Crippen LogP contribution in [0.1, 0.15) is 5.89 Å². The summed E-state index contributed by atoms with van der Waals surface area (Å²) in [7, 11) is 1.58. The van der Waals surface area contributed by atoms with Crippen molar-refractivity contribution >= 4 is 5.69 Å². The maximum atomic E-state index is 10.6. The van der Waals surface area contributed by atoms with Crippen LogP contribution in [0.4, 0.5) is 5.69 Å². The molecule has 0 unspecified atom stereocenters. The van der Waals surface area contributed by atoms with Crippen LogP contribution in [0.5, 0.6) is 11.5 Å². The Balaban J connectivity index is 1.67. The van der Waals surface area contributed by atoms with Gasteiger partial charge in [0.05, 0.1) is 12.0 Å². The molecular weight excluding hydrogens is 314 g/mol. The predicted octanol–water partition coefficient (Wildman–Crippen LogP) is 3.23. The quantitative estimate of drug-likeness (QED) is 0.506. The van der Waals surface area contributed by atoms with Crippen molar-refractivity contribution in [2.45, 2.75) is 6.61 Å². The SMILES string of the molecule is COc1cccc(OCc2nc(-c3ccc([N+](=O)[O-])cc3)no2)c1. The molecule has 0 aliphatic rings. The normalized spacial score (nSPS) is 10.4. The van der Waals surface area contributed by atoms with Gasteiger partial charge in [-0.1, -0.05) is 11.2 Å². The van der Waals surface area contributed by atoms with Crippen LogP contribution in [-0.4, -0.2) is 22.2 Å². The average molecular weight is 327 g/mol. The van der Waals surface area contributed by atoms with Crippen LogP contribution in [0.15, 0.2) is 53.1 Å². The fourth-order valence-electron chi connectivity index (χ4n) is 2.00. The van der Waals surface area contributed by atoms with Crippen molar-refractivity contribution in [2.75, 3.05) is 7.11 Å². The first kappa shape index (κ1) is 15.5. The molecular formula is C16H13N3O5. The maximum Gasteiger partial charge on any atom is 0.269 e. The summed E-state index contributed by atoms with van der Waals surface area (Å²) in [6.45, 7) is 0.104. The minimum Gasteiger partial charge on any atom is -0.497 e. The van der Waals surface area contributed by atoms with Crippen LogP contribution in [0.2, 0.25) is 0 Å². The number of non-ortho nitro benzene ring substituents is 1. The van der Waals surface area contributed by atoms with E-state index in [1.165, 1.54) is 12.1 Å². The number of hydrogen-bond donors (Lipinski definition) is 0. The standard InChI is InChI=1S/C16H13N3O5/c1-22-13-3-2-4-14(9-13)23-10-15-17-16(18-24-15)11-5-7-12(8-6-11)19(20)21/h2-9H,10H2,1H3. The molecule has 0 fully saturated rings. The molecule has 0 bridgehead atoms. The molecule has 0 saturated carbocycles. The highest BCUT2D eigenvalue weighted by atomic mass is 16.6. The number of benzene rings is 2. The first-order valence-electron chi connectivity index (χ1n) is 7.00. The van der Waals surface area contributed by atoms with Crippen LogP contribution < -0.4 is 9.47 Å². The molecule has 0 N–H and O–H groups in total. The van der Waals surface area contributed by atoms with Gasteiger partial charge in [0.1, 0.15) is 11.5 Å². The lowest BCUT2D eigenvalue weighted by Crippen LogP contribution is -1.96. The first-order chi connectivity index (χ1) is 11.7. The van der Waals surface area contributed by atoms with Gasteiger partial charge in [-0.3, -0.25) is 10.1 Å². The second-order valence-corrected chi connectivity index (χ2v) is 4.78. The summed E-state index contributed by atoms with van der Waals surface area (Å²) >= 11 is 0. The predicted molar refractivity (Wildman–Crippen MR) is 83.7 cm³/mol. The Morgan fingerprint density at radius 2 is 1.92 bits per heavy atom. The Labute approximate surface area is 136 Å². The third kappa shape index (κ3) is 3.49. The zero-order chi connectivity index (χ0) is 16.9. The van der Waals surface area contributed by atoms with E-state index in [0.717, 1.165) is 0 Å². The molecule has 8 heteroatoms. The van der Waals surface area contributed by atoms with E-state index in [1.807, 2.05) is 12.1 Å². The number of rotatable bonds is 6. The van der Waals surface area contributed by atoms with Gasteiger partial charge in [0, 0.05) is 23.8 Å². The summed E-state index contributed by atoms with van der Waals surface area (Å²) in [6.07, 6.45) is 0. The van der Waals surface area contributed by atoms with Gasteiger partial charge in [0.2, 0.25) is 5.82 Å². The zero-order valence-corrected chi connectivity index (χ0v) is 12.7. The van der Waals surface area contributed by atoms with Gasteiger partial charge >= 0.3 is 0 Å². The third-order valence-electron chi connectivity index (χ3n) is 3.21. The molecule has 1 aromatic heterocycles. The van der Waals surface area contributed by atoms with Crippen molar-refractivity contribution in [2.24, 2.45) is 0 Å². The van der Waals surface area contributed by atoms with Crippen LogP contribution in [0.3, 0.4) is 0 Å². The van der Waals surface area contributed by atoms with Crippen molar-refractivity contribution in [3.8, 4) is 22.9 Å². The van der Waals surface area contributed by atoms with Crippen molar-refractivity contribution in [3.63, 3.8) is 0 Å². The Morgan fingerprint density at radius 3 is 2.62 bits per heavy atom. The highest BCUT2D eigenvalue weighted by Gasteiger charge is 2.11. The van der Waals surface area contributed by atoms with E-state index < -0.39 is 4.92 Å². The van der Waals surface area contributed by atoms with Crippen molar-refractivity contribution < 1.29 is 18.9 Å². The molecule has 8 nitrogen and oxygen atoms in total. The number of aromatic nitrogens is 2. The van der Waals surface area contributed by atoms with E-state index in [1.54, 1.807) is 31.4 Å². The van der Waals surface area contributed by atoms with Gasteiger partial charge in [0.25, 0.3) is 11.6 Å². The van der Waals surface area contributed by atoms with Gasteiger partial charge in [-0.2, -0.15) is 4.98 Å². The first-order valence-corrected chi connectivity index (χ1v) is 7.00. The average Bonchev–Trinajstić information content (AvgIpc) is 3.09. The number of nitrogens with zero attached hydrogens (tertiary/aromatic N) is 3. The van der Waals surface area contributed by atoms with Gasteiger partial charge in [0.15, 0.2) is 6.61 Å². The number of methoxy groups -OCH3 is 1. The van der Waals surface area contributed by atoms with Crippen molar-refractivity contribution in [1.29, 1.82) is 0 Å². The topological polar surface area (TPSA) is 101 Å². The van der Waals surface area contributed by atoms with Crippen LogP contribution in [0.25, 0.3) is 11.4 Å². The van der Waals surface area contributed by atoms with Crippen molar-refractivity contribution in [1.82, 2.24) is 10.1 Å². The Kier molecular flexibility index (Phi) is 4.37. The lowest BCUT2D eigenvalue weighted by atomic mass is 10.2. The van der Waals surface area contributed by atoms with Crippen LogP contribution >= 0.6 is 0 Å². The molecule has 0 atom stereocenters. The van der Waals surface area contributed by atoms with Crippen molar-refractivity contribution in [3.05, 3.63) is 64.5 Å². The molecule has 2 aromatic carbocycles. The van der Waals surface area contributed by atoms with E-state index in [0.29, 0.717) is 28.8 Å². The largest absolute Gasteiger partial charge is 0.497 e. The fourth-order valence-corrected chi connectivity index (χ4v) is 2.00. The van der Waals surface area contributed by atoms with E-state index in [-0.39, 0.29) is 12.3 Å². The summed E-state index contributed by atoms with van der Waals surface area (Å²) in [6, 6.07) is 13.1. The van der Waals surface area contributed by atoms with E-state index in [2.05, 4.69) is 10.1 Å². The molecule has 0 aliphatic heterocycles. The molecule has 0 amide bonds. The smallest absolute Gasteiger partial charge is 0.269 e. The van der Waals surface area contributed by atoms with Gasteiger partial charge in [-0.05, 0) is 24.3 Å². The lowest BCUT2D eigenvalue weighted by molar-refractivity contribution is -0.384. The zero-order valence-electron chi connectivity index (χ0n) is 12.7. The van der Waals surface area contributed by atoms with E-state index in [4.69, 9.17) is 14.0 Å². The molecule has 3 rings (SSSR count). The minimum absolute atomic E-state index is 0.00354. The summed E-state index contributed by atoms with van der Waals surface area (Å²) in [5.74, 6) is 1.94. The summed E-state index contributed by atoms with van der Waals surface area (Å²) in [5, 5.41) is 14.5. The second kappa shape index (κ2) is 6.78. The fraction of sp³-hybridized carbons (Fsp3) is 0.125. The van der Waals surface area contributed by atoms with Gasteiger partial charge in [-0.15, -0.1) is 0 Å². The third-order valence-corrected chi connectivity index (χ3v) is 3.21. The molecule has 0 radical (unpaired) electrons. The van der Waals surface area contributed by atoms with Gasteiger partial charge < -0.3 is 14.0 Å². The molecule has 3 aromatic rings. The second-order valence-electron chi connectivity index (χ2n) is 4.78. The maximum absolute atomic E-state index is 10.6. The molecule has 0 saturated heterocycles. The number of ether oxygens (including phenoxy) is 2. The number of nitro groups is 1. The highest BCUT2D eigenvalue weighted by Crippen LogP contribution is 2.22. The Bertz CT molecular complexity index is 845. The highest BCUT2D eigenvalue weighted by molar-refractivity contribution is 5.56. The van der Waals surface area contributed by atoms with E-state index >= 15 is 0 Å².